The maximum absolute atomic E-state index is 12.4. The summed E-state index contributed by atoms with van der Waals surface area (Å²) in [6, 6.07) is 8.38. The molecule has 1 saturated heterocycles. The van der Waals surface area contributed by atoms with Crippen LogP contribution in [-0.2, 0) is 30.8 Å². The smallest absolute Gasteiger partial charge is 0.329 e. The largest absolute Gasteiger partial charge is 0.459 e. The van der Waals surface area contributed by atoms with Gasteiger partial charge in [0.25, 0.3) is 11.8 Å². The molecular formula is C20H23N3O7S. The average molecular weight is 449 g/mol. The van der Waals surface area contributed by atoms with Gasteiger partial charge in [0, 0.05) is 13.1 Å². The van der Waals surface area contributed by atoms with Gasteiger partial charge < -0.3 is 19.4 Å². The molecule has 11 heteroatoms. The van der Waals surface area contributed by atoms with Gasteiger partial charge in [-0.05, 0) is 49.1 Å². The Labute approximate surface area is 179 Å². The first-order valence-electron chi connectivity index (χ1n) is 9.65. The second-order valence-electron chi connectivity index (χ2n) is 7.03. The molecule has 31 heavy (non-hydrogen) atoms. The van der Waals surface area contributed by atoms with E-state index >= 15 is 0 Å². The van der Waals surface area contributed by atoms with Crippen LogP contribution in [0.25, 0.3) is 0 Å². The SMILES string of the molecule is NS(=O)(=O)c1ccc(CCNC(=O)COC(=O)[C@@H]2CCCN2C(=O)c2ccco2)cc1. The van der Waals surface area contributed by atoms with Gasteiger partial charge in [-0.2, -0.15) is 0 Å². The number of benzene rings is 1. The number of esters is 1. The number of hydrogen-bond acceptors (Lipinski definition) is 7. The Morgan fingerprint density at radius 1 is 1.19 bits per heavy atom. The van der Waals surface area contributed by atoms with Gasteiger partial charge in [-0.15, -0.1) is 0 Å². The molecule has 1 fully saturated rings. The van der Waals surface area contributed by atoms with Gasteiger partial charge in [-0.1, -0.05) is 12.1 Å². The topological polar surface area (TPSA) is 149 Å². The lowest BCUT2D eigenvalue weighted by Crippen LogP contribution is -2.42. The zero-order valence-corrected chi connectivity index (χ0v) is 17.5. The molecule has 0 unspecified atom stereocenters. The molecule has 3 N–H and O–H groups in total. The summed E-state index contributed by atoms with van der Waals surface area (Å²) in [5.41, 5.74) is 0.808. The van der Waals surface area contributed by atoms with Crippen molar-refractivity contribution in [2.45, 2.75) is 30.2 Å². The van der Waals surface area contributed by atoms with Crippen LogP contribution in [0.1, 0.15) is 29.0 Å². The molecule has 1 aliphatic heterocycles. The van der Waals surface area contributed by atoms with Gasteiger partial charge in [0.2, 0.25) is 10.0 Å². The lowest BCUT2D eigenvalue weighted by atomic mass is 10.1. The molecule has 0 radical (unpaired) electrons. The first kappa shape index (κ1) is 22.5. The van der Waals surface area contributed by atoms with Crippen LogP contribution in [0.2, 0.25) is 0 Å². The van der Waals surface area contributed by atoms with Crippen molar-refractivity contribution in [1.29, 1.82) is 0 Å². The number of ether oxygens (including phenoxy) is 1. The lowest BCUT2D eigenvalue weighted by Gasteiger charge is -2.22. The number of rotatable bonds is 8. The Bertz CT molecular complexity index is 1030. The lowest BCUT2D eigenvalue weighted by molar-refractivity contribution is -0.152. The number of nitrogens with two attached hydrogens (primary N) is 1. The molecule has 0 bridgehead atoms. The molecule has 2 aromatic rings. The number of sulfonamides is 1. The van der Waals surface area contributed by atoms with E-state index in [9.17, 15) is 22.8 Å². The van der Waals surface area contributed by atoms with E-state index in [1.807, 2.05) is 0 Å². The monoisotopic (exact) mass is 449 g/mol. The molecule has 166 valence electrons. The fourth-order valence-electron chi connectivity index (χ4n) is 3.27. The van der Waals surface area contributed by atoms with E-state index in [4.69, 9.17) is 14.3 Å². The molecule has 0 saturated carbocycles. The van der Waals surface area contributed by atoms with Crippen LogP contribution in [0.5, 0.6) is 0 Å². The van der Waals surface area contributed by atoms with Crippen molar-refractivity contribution in [2.24, 2.45) is 5.14 Å². The second kappa shape index (κ2) is 9.75. The molecule has 2 amide bonds. The average Bonchev–Trinajstić information content (AvgIpc) is 3.43. The Morgan fingerprint density at radius 3 is 2.58 bits per heavy atom. The van der Waals surface area contributed by atoms with Crippen LogP contribution in [0, 0.1) is 0 Å². The summed E-state index contributed by atoms with van der Waals surface area (Å²) in [5.74, 6) is -1.35. The molecule has 10 nitrogen and oxygen atoms in total. The summed E-state index contributed by atoms with van der Waals surface area (Å²) in [5, 5.41) is 7.67. The van der Waals surface area contributed by atoms with E-state index in [1.165, 1.54) is 29.4 Å². The standard InChI is InChI=1S/C20H23N3O7S/c21-31(27,28)15-7-5-14(6-8-15)9-10-22-18(24)13-30-20(26)16-3-1-11-23(16)19(25)17-4-2-12-29-17/h2,4-8,12,16H,1,3,9-11,13H2,(H,22,24)(H2,21,27,28)/t16-/m0/s1. The number of hydrogen-bond donors (Lipinski definition) is 2. The van der Waals surface area contributed by atoms with Crippen LogP contribution >= 0.6 is 0 Å². The summed E-state index contributed by atoms with van der Waals surface area (Å²) in [6.07, 6.45) is 2.96. The number of nitrogens with one attached hydrogen (secondary N) is 1. The van der Waals surface area contributed by atoms with Gasteiger partial charge >= 0.3 is 5.97 Å². The van der Waals surface area contributed by atoms with Crippen molar-refractivity contribution in [3.63, 3.8) is 0 Å². The highest BCUT2D eigenvalue weighted by Crippen LogP contribution is 2.21. The van der Waals surface area contributed by atoms with E-state index < -0.39 is 34.5 Å². The number of primary sulfonamides is 1. The van der Waals surface area contributed by atoms with Gasteiger partial charge in [0.15, 0.2) is 12.4 Å². The minimum absolute atomic E-state index is 0.0127. The van der Waals surface area contributed by atoms with Gasteiger partial charge in [-0.3, -0.25) is 9.59 Å². The number of furan rings is 1. The normalized spacial score (nSPS) is 16.2. The van der Waals surface area contributed by atoms with Crippen LogP contribution in [-0.4, -0.2) is 56.8 Å². The molecule has 1 aromatic carbocycles. The molecule has 0 aliphatic carbocycles. The third-order valence-corrected chi connectivity index (χ3v) is 5.78. The Kier molecular flexibility index (Phi) is 7.08. The quantitative estimate of drug-likeness (QED) is 0.555. The zero-order valence-electron chi connectivity index (χ0n) is 16.7. The maximum atomic E-state index is 12.4. The maximum Gasteiger partial charge on any atom is 0.329 e. The van der Waals surface area contributed by atoms with Crippen molar-refractivity contribution in [2.75, 3.05) is 19.7 Å². The van der Waals surface area contributed by atoms with E-state index in [-0.39, 0.29) is 23.1 Å². The summed E-state index contributed by atoms with van der Waals surface area (Å²) in [4.78, 5) is 38.1. The first-order chi connectivity index (χ1) is 14.8. The summed E-state index contributed by atoms with van der Waals surface area (Å²) >= 11 is 0. The minimum atomic E-state index is -3.75. The summed E-state index contributed by atoms with van der Waals surface area (Å²) in [7, 11) is -3.75. The Morgan fingerprint density at radius 2 is 1.94 bits per heavy atom. The highest BCUT2D eigenvalue weighted by atomic mass is 32.2. The molecule has 1 atom stereocenters. The highest BCUT2D eigenvalue weighted by Gasteiger charge is 2.36. The van der Waals surface area contributed by atoms with E-state index in [0.717, 1.165) is 5.56 Å². The fraction of sp³-hybridized carbons (Fsp3) is 0.350. The molecule has 1 aromatic heterocycles. The molecule has 0 spiro atoms. The summed E-state index contributed by atoms with van der Waals surface area (Å²) < 4.78 is 32.7. The van der Waals surface area contributed by atoms with Crippen molar-refractivity contribution < 1.29 is 32.0 Å². The van der Waals surface area contributed by atoms with Crippen molar-refractivity contribution in [1.82, 2.24) is 10.2 Å². The molecule has 2 heterocycles. The minimum Gasteiger partial charge on any atom is -0.459 e. The number of carbonyl (C=O) groups excluding carboxylic acids is 3. The third-order valence-electron chi connectivity index (χ3n) is 4.85. The predicted molar refractivity (Wildman–Crippen MR) is 108 cm³/mol. The number of amides is 2. The number of carbonyl (C=O) groups is 3. The Balaban J connectivity index is 1.42. The van der Waals surface area contributed by atoms with Gasteiger partial charge in [0.05, 0.1) is 11.2 Å². The predicted octanol–water partition coefficient (Wildman–Crippen LogP) is 0.434. The summed E-state index contributed by atoms with van der Waals surface area (Å²) in [6.45, 7) is 0.232. The number of likely N-dealkylation sites (tertiary alicyclic amines) is 1. The van der Waals surface area contributed by atoms with E-state index in [1.54, 1.807) is 18.2 Å². The highest BCUT2D eigenvalue weighted by molar-refractivity contribution is 7.89. The van der Waals surface area contributed by atoms with E-state index in [0.29, 0.717) is 25.8 Å². The molecular weight excluding hydrogens is 426 g/mol. The zero-order chi connectivity index (χ0) is 22.4. The first-order valence-corrected chi connectivity index (χ1v) is 11.2. The van der Waals surface area contributed by atoms with Gasteiger partial charge in [-0.25, -0.2) is 18.4 Å². The van der Waals surface area contributed by atoms with Crippen LogP contribution in [0.15, 0.2) is 52.0 Å². The van der Waals surface area contributed by atoms with Crippen LogP contribution in [0.3, 0.4) is 0 Å². The Hall–Kier alpha value is -3.18. The molecule has 3 rings (SSSR count). The second-order valence-corrected chi connectivity index (χ2v) is 8.59. The third kappa shape index (κ3) is 5.92. The van der Waals surface area contributed by atoms with Crippen molar-refractivity contribution in [3.8, 4) is 0 Å². The van der Waals surface area contributed by atoms with Crippen LogP contribution < -0.4 is 10.5 Å². The fourth-order valence-corrected chi connectivity index (χ4v) is 3.79. The van der Waals surface area contributed by atoms with Crippen molar-refractivity contribution >= 4 is 27.8 Å². The van der Waals surface area contributed by atoms with Gasteiger partial charge in [0.1, 0.15) is 6.04 Å². The van der Waals surface area contributed by atoms with Crippen LogP contribution in [0.4, 0.5) is 0 Å². The van der Waals surface area contributed by atoms with Crippen molar-refractivity contribution in [3.05, 3.63) is 54.0 Å². The molecule has 1 aliphatic rings. The van der Waals surface area contributed by atoms with E-state index in [2.05, 4.69) is 5.32 Å². The number of nitrogens with zero attached hydrogens (tertiary/aromatic N) is 1.